The Morgan fingerprint density at radius 3 is 2.88 bits per heavy atom. The molecule has 1 aliphatic carbocycles. The van der Waals surface area contributed by atoms with Crippen molar-refractivity contribution in [2.45, 2.75) is 12.8 Å². The number of ether oxygens (including phenoxy) is 1. The smallest absolute Gasteiger partial charge is 0.316 e. The zero-order valence-electron chi connectivity index (χ0n) is 8.78. The average Bonchev–Trinajstić information content (AvgIpc) is 2.28. The van der Waals surface area contributed by atoms with Crippen LogP contribution in [0.15, 0.2) is 16.9 Å². The molecule has 1 atom stereocenters. The summed E-state index contributed by atoms with van der Waals surface area (Å²) in [4.78, 5) is 36.9. The van der Waals surface area contributed by atoms with E-state index in [9.17, 15) is 14.4 Å². The maximum atomic E-state index is 11.9. The van der Waals surface area contributed by atoms with Crippen molar-refractivity contribution >= 4 is 11.8 Å². The number of pyridine rings is 1. The van der Waals surface area contributed by atoms with E-state index in [1.165, 1.54) is 19.2 Å². The minimum Gasteiger partial charge on any atom is -0.468 e. The Morgan fingerprint density at radius 1 is 1.44 bits per heavy atom. The summed E-state index contributed by atoms with van der Waals surface area (Å²) in [5.74, 6) is -1.52. The Morgan fingerprint density at radius 2 is 2.19 bits per heavy atom. The van der Waals surface area contributed by atoms with E-state index in [0.29, 0.717) is 24.1 Å². The average molecular weight is 221 g/mol. The molecule has 16 heavy (non-hydrogen) atoms. The van der Waals surface area contributed by atoms with E-state index < -0.39 is 11.9 Å². The van der Waals surface area contributed by atoms with Gasteiger partial charge >= 0.3 is 5.97 Å². The number of aromatic nitrogens is 1. The minimum absolute atomic E-state index is 0.233. The van der Waals surface area contributed by atoms with Gasteiger partial charge in [0.05, 0.1) is 7.11 Å². The van der Waals surface area contributed by atoms with Crippen molar-refractivity contribution in [3.05, 3.63) is 33.7 Å². The molecular weight excluding hydrogens is 210 g/mol. The summed E-state index contributed by atoms with van der Waals surface area (Å²) < 4.78 is 4.57. The maximum Gasteiger partial charge on any atom is 0.316 e. The molecule has 0 saturated heterocycles. The van der Waals surface area contributed by atoms with Crippen LogP contribution in [0.3, 0.4) is 0 Å². The molecule has 1 N–H and O–H groups in total. The molecule has 1 aromatic heterocycles. The Bertz CT molecular complexity index is 503. The third-order valence-corrected chi connectivity index (χ3v) is 2.75. The molecule has 0 amide bonds. The summed E-state index contributed by atoms with van der Waals surface area (Å²) in [6, 6.07) is 2.75. The lowest BCUT2D eigenvalue weighted by molar-refractivity contribution is -0.143. The van der Waals surface area contributed by atoms with Crippen LogP contribution in [-0.2, 0) is 16.0 Å². The molecule has 5 heteroatoms. The molecule has 0 spiro atoms. The number of methoxy groups -OCH3 is 1. The van der Waals surface area contributed by atoms with Crippen LogP contribution in [0, 0.1) is 5.92 Å². The second-order valence-electron chi connectivity index (χ2n) is 3.69. The number of hydrogen-bond donors (Lipinski definition) is 1. The van der Waals surface area contributed by atoms with Crippen molar-refractivity contribution in [3.8, 4) is 0 Å². The summed E-state index contributed by atoms with van der Waals surface area (Å²) in [6.07, 6.45) is 0.898. The Kier molecular flexibility index (Phi) is 2.60. The van der Waals surface area contributed by atoms with Crippen LogP contribution in [0.4, 0.5) is 0 Å². The van der Waals surface area contributed by atoms with E-state index in [-0.39, 0.29) is 11.3 Å². The van der Waals surface area contributed by atoms with E-state index >= 15 is 0 Å². The molecular formula is C11H11NO4. The summed E-state index contributed by atoms with van der Waals surface area (Å²) in [5, 5.41) is 0. The molecule has 0 fully saturated rings. The van der Waals surface area contributed by atoms with Gasteiger partial charge in [-0.25, -0.2) is 0 Å². The molecule has 1 heterocycles. The van der Waals surface area contributed by atoms with Gasteiger partial charge in [-0.05, 0) is 18.9 Å². The normalized spacial score (nSPS) is 19.1. The summed E-state index contributed by atoms with van der Waals surface area (Å²) in [6.45, 7) is 0. The molecule has 2 rings (SSSR count). The van der Waals surface area contributed by atoms with Crippen LogP contribution in [0.5, 0.6) is 0 Å². The van der Waals surface area contributed by atoms with Crippen molar-refractivity contribution < 1.29 is 14.3 Å². The van der Waals surface area contributed by atoms with Gasteiger partial charge in [0.15, 0.2) is 5.78 Å². The fourth-order valence-electron chi connectivity index (χ4n) is 1.92. The highest BCUT2D eigenvalue weighted by Gasteiger charge is 2.33. The fourth-order valence-corrected chi connectivity index (χ4v) is 1.92. The number of fused-ring (bicyclic) bond motifs is 1. The summed E-state index contributed by atoms with van der Waals surface area (Å²) >= 11 is 0. The predicted octanol–water partition coefficient (Wildman–Crippen LogP) is 0.293. The van der Waals surface area contributed by atoms with Gasteiger partial charge in [0.2, 0.25) is 5.56 Å². The molecule has 1 aliphatic rings. The highest BCUT2D eigenvalue weighted by atomic mass is 16.5. The van der Waals surface area contributed by atoms with E-state index in [1.54, 1.807) is 0 Å². The minimum atomic E-state index is -0.733. The molecule has 0 aromatic carbocycles. The molecule has 84 valence electrons. The number of aryl methyl sites for hydroxylation is 1. The van der Waals surface area contributed by atoms with Gasteiger partial charge in [-0.15, -0.1) is 0 Å². The van der Waals surface area contributed by atoms with Crippen molar-refractivity contribution in [2.75, 3.05) is 7.11 Å². The molecule has 1 aromatic rings. The van der Waals surface area contributed by atoms with Crippen LogP contribution >= 0.6 is 0 Å². The molecule has 0 radical (unpaired) electrons. The second-order valence-corrected chi connectivity index (χ2v) is 3.69. The zero-order chi connectivity index (χ0) is 11.7. The predicted molar refractivity (Wildman–Crippen MR) is 55.2 cm³/mol. The van der Waals surface area contributed by atoms with Gasteiger partial charge in [-0.1, -0.05) is 0 Å². The first-order valence-corrected chi connectivity index (χ1v) is 4.97. The highest BCUT2D eigenvalue weighted by Crippen LogP contribution is 2.23. The standard InChI is InChI=1S/C11H11NO4/c1-16-11(15)7-2-4-8-6(10(7)14)3-5-9(13)12-8/h3,5,7H,2,4H2,1H3,(H,12,13). The lowest BCUT2D eigenvalue weighted by Gasteiger charge is -2.20. The van der Waals surface area contributed by atoms with Crippen LogP contribution in [0.2, 0.25) is 0 Å². The monoisotopic (exact) mass is 221 g/mol. The van der Waals surface area contributed by atoms with Gasteiger partial charge in [-0.3, -0.25) is 14.4 Å². The number of H-pyrrole nitrogens is 1. The van der Waals surface area contributed by atoms with Crippen LogP contribution in [-0.4, -0.2) is 23.8 Å². The topological polar surface area (TPSA) is 76.2 Å². The highest BCUT2D eigenvalue weighted by molar-refractivity contribution is 6.09. The lowest BCUT2D eigenvalue weighted by atomic mass is 9.85. The quantitative estimate of drug-likeness (QED) is 0.546. The van der Waals surface area contributed by atoms with Crippen molar-refractivity contribution in [1.29, 1.82) is 0 Å². The Hall–Kier alpha value is -1.91. The number of carbonyl (C=O) groups excluding carboxylic acids is 2. The molecule has 0 bridgehead atoms. The van der Waals surface area contributed by atoms with Gasteiger partial charge < -0.3 is 9.72 Å². The Labute approximate surface area is 91.4 Å². The lowest BCUT2D eigenvalue weighted by Crippen LogP contribution is -2.32. The number of esters is 1. The molecule has 1 unspecified atom stereocenters. The number of Topliss-reactive ketones (excluding diaryl/α,β-unsaturated/α-hetero) is 1. The number of hydrogen-bond acceptors (Lipinski definition) is 4. The van der Waals surface area contributed by atoms with Crippen LogP contribution in [0.25, 0.3) is 0 Å². The Balaban J connectivity index is 2.40. The SMILES string of the molecule is COC(=O)C1CCc2[nH]c(=O)ccc2C1=O. The van der Waals surface area contributed by atoms with Gasteiger partial charge in [0.1, 0.15) is 5.92 Å². The first-order valence-electron chi connectivity index (χ1n) is 4.97. The van der Waals surface area contributed by atoms with E-state index in [1.807, 2.05) is 0 Å². The maximum absolute atomic E-state index is 11.9. The molecule has 0 aliphatic heterocycles. The summed E-state index contributed by atoms with van der Waals surface area (Å²) in [5.41, 5.74) is 0.793. The largest absolute Gasteiger partial charge is 0.468 e. The van der Waals surface area contributed by atoms with Crippen molar-refractivity contribution in [2.24, 2.45) is 5.92 Å². The zero-order valence-corrected chi connectivity index (χ0v) is 8.78. The fraction of sp³-hybridized carbons (Fsp3) is 0.364. The van der Waals surface area contributed by atoms with Crippen LogP contribution < -0.4 is 5.56 Å². The third kappa shape index (κ3) is 1.64. The molecule has 5 nitrogen and oxygen atoms in total. The van der Waals surface area contributed by atoms with Crippen molar-refractivity contribution in [1.82, 2.24) is 4.98 Å². The van der Waals surface area contributed by atoms with E-state index in [0.717, 1.165) is 0 Å². The molecule has 0 saturated carbocycles. The number of ketones is 1. The number of carbonyl (C=O) groups is 2. The van der Waals surface area contributed by atoms with Gasteiger partial charge in [0, 0.05) is 17.3 Å². The van der Waals surface area contributed by atoms with Crippen LogP contribution in [0.1, 0.15) is 22.5 Å². The number of aromatic amines is 1. The van der Waals surface area contributed by atoms with Gasteiger partial charge in [-0.2, -0.15) is 0 Å². The third-order valence-electron chi connectivity index (χ3n) is 2.75. The summed E-state index contributed by atoms with van der Waals surface area (Å²) in [7, 11) is 1.26. The first kappa shape index (κ1) is 10.6. The van der Waals surface area contributed by atoms with Gasteiger partial charge in [0.25, 0.3) is 0 Å². The van der Waals surface area contributed by atoms with E-state index in [4.69, 9.17) is 0 Å². The van der Waals surface area contributed by atoms with Crippen molar-refractivity contribution in [3.63, 3.8) is 0 Å². The first-order chi connectivity index (χ1) is 7.63. The van der Waals surface area contributed by atoms with E-state index in [2.05, 4.69) is 9.72 Å². The number of nitrogens with one attached hydrogen (secondary N) is 1. The second kappa shape index (κ2) is 3.92. The number of rotatable bonds is 1.